The Bertz CT molecular complexity index is 548. The second kappa shape index (κ2) is 4.73. The summed E-state index contributed by atoms with van der Waals surface area (Å²) >= 11 is 0. The van der Waals surface area contributed by atoms with Gasteiger partial charge in [-0.2, -0.15) is 0 Å². The summed E-state index contributed by atoms with van der Waals surface area (Å²) in [5.41, 5.74) is 0.791. The molecule has 1 aliphatic rings. The summed E-state index contributed by atoms with van der Waals surface area (Å²) in [7, 11) is 0. The highest BCUT2D eigenvalue weighted by molar-refractivity contribution is 5.78. The Kier molecular flexibility index (Phi) is 3.08. The van der Waals surface area contributed by atoms with E-state index in [4.69, 9.17) is 4.42 Å². The number of piperidine rings is 1. The topological polar surface area (TPSA) is 25.2 Å². The number of hydrogen-bond acceptors (Lipinski definition) is 2. The molecule has 0 spiro atoms. The Morgan fingerprint density at radius 2 is 2.28 bits per heavy atom. The molecule has 2 aromatic rings. The average Bonchev–Trinajstić information content (AvgIpc) is 2.81. The molecule has 0 aliphatic carbocycles. The van der Waals surface area contributed by atoms with Crippen molar-refractivity contribution in [3.05, 3.63) is 35.8 Å². The van der Waals surface area contributed by atoms with Crippen LogP contribution in [0.3, 0.4) is 0 Å². The molecule has 0 radical (unpaired) electrons. The minimum atomic E-state index is -0.202. The smallest absolute Gasteiger partial charge is 0.134 e. The SMILES string of the molecule is CCC1CNCCC1c1cc2cc(F)ccc2o1. The van der Waals surface area contributed by atoms with Crippen LogP contribution >= 0.6 is 0 Å². The van der Waals surface area contributed by atoms with Crippen molar-refractivity contribution in [1.29, 1.82) is 0 Å². The fourth-order valence-corrected chi connectivity index (χ4v) is 2.94. The quantitative estimate of drug-likeness (QED) is 0.875. The summed E-state index contributed by atoms with van der Waals surface area (Å²) in [5.74, 6) is 1.90. The van der Waals surface area contributed by atoms with E-state index in [9.17, 15) is 4.39 Å². The standard InChI is InChI=1S/C15H18FNO/c1-2-10-9-17-6-5-13(10)15-8-11-7-12(16)3-4-14(11)18-15/h3-4,7-8,10,13,17H,2,5-6,9H2,1H3. The van der Waals surface area contributed by atoms with Crippen LogP contribution in [0.25, 0.3) is 11.0 Å². The maximum atomic E-state index is 13.2. The van der Waals surface area contributed by atoms with Crippen LogP contribution < -0.4 is 5.32 Å². The molecule has 1 aliphatic heterocycles. The largest absolute Gasteiger partial charge is 0.461 e. The monoisotopic (exact) mass is 247 g/mol. The van der Waals surface area contributed by atoms with Crippen LogP contribution in [-0.2, 0) is 0 Å². The molecule has 96 valence electrons. The number of halogens is 1. The normalized spacial score (nSPS) is 24.6. The van der Waals surface area contributed by atoms with Crippen LogP contribution in [0.15, 0.2) is 28.7 Å². The predicted octanol–water partition coefficient (Wildman–Crippen LogP) is 3.68. The number of furan rings is 1. The maximum Gasteiger partial charge on any atom is 0.134 e. The predicted molar refractivity (Wildman–Crippen MR) is 70.2 cm³/mol. The zero-order valence-electron chi connectivity index (χ0n) is 10.6. The summed E-state index contributed by atoms with van der Waals surface area (Å²) in [6.07, 6.45) is 2.24. The van der Waals surface area contributed by atoms with E-state index in [0.717, 1.165) is 42.7 Å². The van der Waals surface area contributed by atoms with E-state index in [-0.39, 0.29) is 5.82 Å². The lowest BCUT2D eigenvalue weighted by molar-refractivity contribution is 0.286. The first kappa shape index (κ1) is 11.7. The lowest BCUT2D eigenvalue weighted by Gasteiger charge is -2.29. The van der Waals surface area contributed by atoms with Crippen LogP contribution in [0, 0.1) is 11.7 Å². The zero-order valence-corrected chi connectivity index (χ0v) is 10.6. The van der Waals surface area contributed by atoms with Gasteiger partial charge in [-0.05, 0) is 49.7 Å². The fraction of sp³-hybridized carbons (Fsp3) is 0.467. The average molecular weight is 247 g/mol. The van der Waals surface area contributed by atoms with E-state index in [1.807, 2.05) is 6.07 Å². The Morgan fingerprint density at radius 1 is 1.39 bits per heavy atom. The van der Waals surface area contributed by atoms with E-state index in [1.165, 1.54) is 6.07 Å². The van der Waals surface area contributed by atoms with Gasteiger partial charge in [-0.15, -0.1) is 0 Å². The van der Waals surface area contributed by atoms with E-state index in [2.05, 4.69) is 12.2 Å². The molecular weight excluding hydrogens is 229 g/mol. The molecule has 2 atom stereocenters. The van der Waals surface area contributed by atoms with Gasteiger partial charge in [0, 0.05) is 11.3 Å². The molecule has 2 unspecified atom stereocenters. The van der Waals surface area contributed by atoms with Crippen molar-refractivity contribution in [2.75, 3.05) is 13.1 Å². The fourth-order valence-electron chi connectivity index (χ4n) is 2.94. The number of nitrogens with one attached hydrogen (secondary N) is 1. The van der Waals surface area contributed by atoms with E-state index >= 15 is 0 Å². The molecule has 1 aromatic heterocycles. The van der Waals surface area contributed by atoms with Crippen LogP contribution in [0.4, 0.5) is 4.39 Å². The summed E-state index contributed by atoms with van der Waals surface area (Å²) in [5, 5.41) is 4.30. The summed E-state index contributed by atoms with van der Waals surface area (Å²) in [4.78, 5) is 0. The number of rotatable bonds is 2. The molecule has 1 N–H and O–H groups in total. The second-order valence-electron chi connectivity index (χ2n) is 5.10. The molecule has 1 saturated heterocycles. The minimum absolute atomic E-state index is 0.202. The molecule has 0 amide bonds. The molecule has 0 bridgehead atoms. The molecule has 2 heterocycles. The van der Waals surface area contributed by atoms with Crippen LogP contribution in [0.2, 0.25) is 0 Å². The third-order valence-corrected chi connectivity index (χ3v) is 3.99. The van der Waals surface area contributed by atoms with Crippen LogP contribution in [-0.4, -0.2) is 13.1 Å². The Morgan fingerprint density at radius 3 is 3.11 bits per heavy atom. The third kappa shape index (κ3) is 2.03. The van der Waals surface area contributed by atoms with Gasteiger partial charge in [-0.25, -0.2) is 4.39 Å². The van der Waals surface area contributed by atoms with Crippen molar-refractivity contribution in [1.82, 2.24) is 5.32 Å². The summed E-state index contributed by atoms with van der Waals surface area (Å²) in [6, 6.07) is 6.73. The van der Waals surface area contributed by atoms with Gasteiger partial charge in [0.25, 0.3) is 0 Å². The van der Waals surface area contributed by atoms with Crippen molar-refractivity contribution in [2.24, 2.45) is 5.92 Å². The molecule has 3 heteroatoms. The number of benzene rings is 1. The highest BCUT2D eigenvalue weighted by Gasteiger charge is 2.27. The van der Waals surface area contributed by atoms with E-state index in [1.54, 1.807) is 12.1 Å². The first-order valence-electron chi connectivity index (χ1n) is 6.67. The van der Waals surface area contributed by atoms with Crippen molar-refractivity contribution >= 4 is 11.0 Å². The van der Waals surface area contributed by atoms with Gasteiger partial charge in [0.1, 0.15) is 17.2 Å². The lowest BCUT2D eigenvalue weighted by Crippen LogP contribution is -2.34. The Balaban J connectivity index is 1.97. The molecule has 0 saturated carbocycles. The van der Waals surface area contributed by atoms with Crippen molar-refractivity contribution in [3.63, 3.8) is 0 Å². The van der Waals surface area contributed by atoms with Crippen molar-refractivity contribution in [3.8, 4) is 0 Å². The second-order valence-corrected chi connectivity index (χ2v) is 5.10. The van der Waals surface area contributed by atoms with E-state index in [0.29, 0.717) is 11.8 Å². The van der Waals surface area contributed by atoms with Gasteiger partial charge in [-0.3, -0.25) is 0 Å². The molecule has 18 heavy (non-hydrogen) atoms. The minimum Gasteiger partial charge on any atom is -0.461 e. The molecule has 1 aromatic carbocycles. The van der Waals surface area contributed by atoms with Gasteiger partial charge in [0.05, 0.1) is 0 Å². The number of hydrogen-bond donors (Lipinski definition) is 1. The third-order valence-electron chi connectivity index (χ3n) is 3.99. The van der Waals surface area contributed by atoms with Crippen molar-refractivity contribution < 1.29 is 8.81 Å². The highest BCUT2D eigenvalue weighted by atomic mass is 19.1. The first-order valence-corrected chi connectivity index (χ1v) is 6.67. The summed E-state index contributed by atoms with van der Waals surface area (Å²) in [6.45, 7) is 4.30. The highest BCUT2D eigenvalue weighted by Crippen LogP contribution is 2.35. The lowest BCUT2D eigenvalue weighted by atomic mass is 9.83. The molecule has 2 nitrogen and oxygen atoms in total. The van der Waals surface area contributed by atoms with Crippen LogP contribution in [0.1, 0.15) is 31.4 Å². The molecule has 3 rings (SSSR count). The van der Waals surface area contributed by atoms with Gasteiger partial charge >= 0.3 is 0 Å². The summed E-state index contributed by atoms with van der Waals surface area (Å²) < 4.78 is 19.1. The van der Waals surface area contributed by atoms with Gasteiger partial charge in [-0.1, -0.05) is 13.3 Å². The zero-order chi connectivity index (χ0) is 12.5. The van der Waals surface area contributed by atoms with Gasteiger partial charge in [0.2, 0.25) is 0 Å². The van der Waals surface area contributed by atoms with Gasteiger partial charge < -0.3 is 9.73 Å². The Hall–Kier alpha value is -1.35. The number of fused-ring (bicyclic) bond motifs is 1. The Labute approximate surface area is 106 Å². The van der Waals surface area contributed by atoms with E-state index < -0.39 is 0 Å². The van der Waals surface area contributed by atoms with Gasteiger partial charge in [0.15, 0.2) is 0 Å². The molecule has 1 fully saturated rings. The maximum absolute atomic E-state index is 13.2. The van der Waals surface area contributed by atoms with Crippen molar-refractivity contribution in [2.45, 2.75) is 25.7 Å². The molecular formula is C15H18FNO. The first-order chi connectivity index (χ1) is 8.78. The van der Waals surface area contributed by atoms with Crippen LogP contribution in [0.5, 0.6) is 0 Å².